The Labute approximate surface area is 282 Å². The van der Waals surface area contributed by atoms with E-state index in [0.717, 1.165) is 54.6 Å². The van der Waals surface area contributed by atoms with Gasteiger partial charge in [0.15, 0.2) is 5.78 Å². The van der Waals surface area contributed by atoms with Gasteiger partial charge < -0.3 is 14.6 Å². The Morgan fingerprint density at radius 2 is 1.67 bits per heavy atom. The summed E-state index contributed by atoms with van der Waals surface area (Å²) in [6, 6.07) is 20.3. The first kappa shape index (κ1) is 32.6. The van der Waals surface area contributed by atoms with E-state index in [4.69, 9.17) is 27.9 Å². The summed E-state index contributed by atoms with van der Waals surface area (Å²) in [5.41, 5.74) is 4.50. The van der Waals surface area contributed by atoms with Crippen molar-refractivity contribution in [2.45, 2.75) is 90.6 Å². The van der Waals surface area contributed by atoms with E-state index >= 15 is 0 Å². The summed E-state index contributed by atoms with van der Waals surface area (Å²) in [5, 5.41) is 5.04. The number of amides is 1. The number of carbonyl (C=O) groups is 2. The fourth-order valence-electron chi connectivity index (χ4n) is 7.57. The van der Waals surface area contributed by atoms with Gasteiger partial charge in [0.2, 0.25) is 0 Å². The predicted molar refractivity (Wildman–Crippen MR) is 186 cm³/mol. The van der Waals surface area contributed by atoms with Crippen LogP contribution in [0, 0.1) is 12.8 Å². The number of para-hydroxylation sites is 1. The largest absolute Gasteiger partial charge is 0.489 e. The van der Waals surface area contributed by atoms with E-state index in [0.29, 0.717) is 52.1 Å². The van der Waals surface area contributed by atoms with Gasteiger partial charge in [-0.3, -0.25) is 14.5 Å². The highest BCUT2D eigenvalue weighted by Crippen LogP contribution is 2.41. The molecule has 4 aromatic rings. The SMILES string of the molecule is Cc1cccc(CNC(=O)c2cn(CCCN3[C@@H]4CC[C@H]3C[C@@H](CC(=O)c3cc(Cl)cc(Cl)c3)C4)c3c(OC(C)C)cccc23)c1. The molecular weight excluding hydrogens is 617 g/mol. The second-order valence-corrected chi connectivity index (χ2v) is 14.2. The summed E-state index contributed by atoms with van der Waals surface area (Å²) >= 11 is 12.3. The zero-order valence-corrected chi connectivity index (χ0v) is 28.4. The van der Waals surface area contributed by atoms with Gasteiger partial charge in [-0.2, -0.15) is 0 Å². The Hall–Kier alpha value is -3.32. The quantitative estimate of drug-likeness (QED) is 0.154. The van der Waals surface area contributed by atoms with Crippen LogP contribution >= 0.6 is 23.2 Å². The van der Waals surface area contributed by atoms with Gasteiger partial charge in [-0.15, -0.1) is 0 Å². The molecule has 2 bridgehead atoms. The molecule has 6 rings (SSSR count). The van der Waals surface area contributed by atoms with Crippen molar-refractivity contribution in [2.75, 3.05) is 6.54 Å². The number of nitrogens with zero attached hydrogens (tertiary/aromatic N) is 2. The molecule has 2 saturated heterocycles. The molecule has 2 fully saturated rings. The third kappa shape index (κ3) is 7.46. The average molecular weight is 661 g/mol. The third-order valence-corrected chi connectivity index (χ3v) is 9.90. The highest BCUT2D eigenvalue weighted by Gasteiger charge is 2.40. The number of aryl methyl sites for hydroxylation is 2. The molecule has 0 saturated carbocycles. The van der Waals surface area contributed by atoms with Crippen molar-refractivity contribution in [3.8, 4) is 5.75 Å². The van der Waals surface area contributed by atoms with Crippen LogP contribution in [0.25, 0.3) is 10.9 Å². The molecule has 0 radical (unpaired) electrons. The maximum absolute atomic E-state index is 13.5. The molecule has 3 heterocycles. The van der Waals surface area contributed by atoms with Crippen molar-refractivity contribution in [2.24, 2.45) is 5.92 Å². The standard InChI is InChI=1S/C38H43Cl2N3O3/c1-24(2)46-36-10-5-9-33-34(38(45)41-22-26-8-4-7-25(3)15-26)23-42(37(33)36)13-6-14-43-31-11-12-32(43)17-27(16-31)18-35(44)28-19-29(39)21-30(40)20-28/h4-5,7-10,15,19-21,23-24,27,31-32H,6,11-14,16-18,22H2,1-3H3,(H,41,45)/t27-,31+,32-. The number of nitrogens with one attached hydrogen (secondary N) is 1. The Bertz CT molecular complexity index is 1700. The van der Waals surface area contributed by atoms with E-state index in [9.17, 15) is 9.59 Å². The molecule has 2 aliphatic rings. The third-order valence-electron chi connectivity index (χ3n) is 9.46. The van der Waals surface area contributed by atoms with Crippen molar-refractivity contribution >= 4 is 45.8 Å². The summed E-state index contributed by atoms with van der Waals surface area (Å²) in [6.07, 6.45) is 7.97. The first-order chi connectivity index (χ1) is 22.1. The lowest BCUT2D eigenvalue weighted by atomic mass is 9.85. The van der Waals surface area contributed by atoms with Gasteiger partial charge in [0, 0.05) is 65.3 Å². The molecule has 242 valence electrons. The number of Topliss-reactive ketones (excluding diaryl/α,β-unsaturated/α-hetero) is 1. The first-order valence-corrected chi connectivity index (χ1v) is 17.3. The van der Waals surface area contributed by atoms with E-state index in [1.165, 1.54) is 18.4 Å². The van der Waals surface area contributed by atoms with Crippen LogP contribution in [0.5, 0.6) is 5.75 Å². The average Bonchev–Trinajstić information content (AvgIpc) is 3.49. The number of ketones is 1. The van der Waals surface area contributed by atoms with E-state index in [1.54, 1.807) is 18.2 Å². The number of carbonyl (C=O) groups excluding carboxylic acids is 2. The van der Waals surface area contributed by atoms with Gasteiger partial charge in [0.05, 0.1) is 17.2 Å². The molecule has 3 aromatic carbocycles. The van der Waals surface area contributed by atoms with Crippen LogP contribution in [0.15, 0.2) is 66.9 Å². The smallest absolute Gasteiger partial charge is 0.253 e. The molecule has 1 N–H and O–H groups in total. The second kappa shape index (κ2) is 14.2. The minimum atomic E-state index is -0.0818. The van der Waals surface area contributed by atoms with Crippen LogP contribution in [0.2, 0.25) is 10.0 Å². The van der Waals surface area contributed by atoms with E-state index in [-0.39, 0.29) is 17.8 Å². The molecular formula is C38H43Cl2N3O3. The van der Waals surface area contributed by atoms with Crippen molar-refractivity contribution in [1.82, 2.24) is 14.8 Å². The van der Waals surface area contributed by atoms with Crippen LogP contribution < -0.4 is 10.1 Å². The fourth-order valence-corrected chi connectivity index (χ4v) is 8.10. The van der Waals surface area contributed by atoms with Gasteiger partial charge in [-0.05, 0) is 88.6 Å². The van der Waals surface area contributed by atoms with Gasteiger partial charge in [-0.1, -0.05) is 65.2 Å². The highest BCUT2D eigenvalue weighted by atomic mass is 35.5. The maximum Gasteiger partial charge on any atom is 0.253 e. The lowest BCUT2D eigenvalue weighted by Gasteiger charge is -2.39. The molecule has 1 aromatic heterocycles. The van der Waals surface area contributed by atoms with Crippen LogP contribution in [0.3, 0.4) is 0 Å². The molecule has 6 nitrogen and oxygen atoms in total. The molecule has 0 aliphatic carbocycles. The summed E-state index contributed by atoms with van der Waals surface area (Å²) < 4.78 is 8.43. The molecule has 46 heavy (non-hydrogen) atoms. The Kier molecular flexibility index (Phi) is 10.1. The monoisotopic (exact) mass is 659 g/mol. The molecule has 8 heteroatoms. The number of ether oxygens (including phenoxy) is 1. The molecule has 3 atom stereocenters. The van der Waals surface area contributed by atoms with E-state index < -0.39 is 0 Å². The van der Waals surface area contributed by atoms with Crippen LogP contribution in [0.4, 0.5) is 0 Å². The Balaban J connectivity index is 1.12. The van der Waals surface area contributed by atoms with Crippen LogP contribution in [0.1, 0.15) is 84.2 Å². The summed E-state index contributed by atoms with van der Waals surface area (Å²) in [4.78, 5) is 29.2. The zero-order chi connectivity index (χ0) is 32.4. The second-order valence-electron chi connectivity index (χ2n) is 13.3. The number of hydrogen-bond donors (Lipinski definition) is 1. The zero-order valence-electron chi connectivity index (χ0n) is 26.9. The van der Waals surface area contributed by atoms with Crippen molar-refractivity contribution < 1.29 is 14.3 Å². The maximum atomic E-state index is 13.5. The van der Waals surface area contributed by atoms with Crippen LogP contribution in [-0.4, -0.2) is 45.9 Å². The summed E-state index contributed by atoms with van der Waals surface area (Å²) in [6.45, 7) is 8.36. The minimum absolute atomic E-state index is 0.0206. The molecule has 1 amide bonds. The number of piperidine rings is 1. The van der Waals surface area contributed by atoms with Crippen molar-refractivity contribution in [3.05, 3.63) is 99.2 Å². The van der Waals surface area contributed by atoms with E-state index in [1.807, 2.05) is 50.4 Å². The highest BCUT2D eigenvalue weighted by molar-refractivity contribution is 6.35. The molecule has 2 aliphatic heterocycles. The van der Waals surface area contributed by atoms with Gasteiger partial charge in [0.25, 0.3) is 5.91 Å². The normalized spacial score (nSPS) is 19.6. The van der Waals surface area contributed by atoms with Gasteiger partial charge in [0.1, 0.15) is 5.75 Å². The topological polar surface area (TPSA) is 63.6 Å². The number of rotatable bonds is 12. The predicted octanol–water partition coefficient (Wildman–Crippen LogP) is 8.88. The fraction of sp³-hybridized carbons (Fsp3) is 0.421. The molecule has 0 unspecified atom stereocenters. The van der Waals surface area contributed by atoms with Crippen molar-refractivity contribution in [3.63, 3.8) is 0 Å². The number of fused-ring (bicyclic) bond motifs is 3. The van der Waals surface area contributed by atoms with Gasteiger partial charge >= 0.3 is 0 Å². The molecule has 0 spiro atoms. The number of benzene rings is 3. The summed E-state index contributed by atoms with van der Waals surface area (Å²) in [7, 11) is 0. The van der Waals surface area contributed by atoms with E-state index in [2.05, 4.69) is 33.8 Å². The number of halogens is 2. The Morgan fingerprint density at radius 1 is 0.957 bits per heavy atom. The lowest BCUT2D eigenvalue weighted by molar-refractivity contribution is 0.0807. The van der Waals surface area contributed by atoms with Crippen LogP contribution in [-0.2, 0) is 13.1 Å². The number of aromatic nitrogens is 1. The van der Waals surface area contributed by atoms with Gasteiger partial charge in [-0.25, -0.2) is 0 Å². The number of hydrogen-bond acceptors (Lipinski definition) is 4. The minimum Gasteiger partial charge on any atom is -0.489 e. The summed E-state index contributed by atoms with van der Waals surface area (Å²) in [5.74, 6) is 1.22. The lowest BCUT2D eigenvalue weighted by Crippen LogP contribution is -2.43. The first-order valence-electron chi connectivity index (χ1n) is 16.5. The van der Waals surface area contributed by atoms with Crippen molar-refractivity contribution in [1.29, 1.82) is 0 Å². The Morgan fingerprint density at radius 3 is 2.37 bits per heavy atom.